The van der Waals surface area contributed by atoms with Crippen LogP contribution < -0.4 is 24.8 Å². The molecule has 0 unspecified atom stereocenters. The molecule has 0 atom stereocenters. The molecule has 4 nitrogen and oxygen atoms in total. The average Bonchev–Trinajstić information content (AvgIpc) is 3.01. The van der Waals surface area contributed by atoms with E-state index in [4.69, 9.17) is 17.7 Å². The van der Waals surface area contributed by atoms with Gasteiger partial charge in [0.15, 0.2) is 0 Å². The molecule has 0 aliphatic heterocycles. The Morgan fingerprint density at radius 2 is 0.443 bits per heavy atom. The third-order valence-electron chi connectivity index (χ3n) is 16.0. The molecule has 4 heterocycles. The molecule has 88 heavy (non-hydrogen) atoms. The first kappa shape index (κ1) is 64.1. The van der Waals surface area contributed by atoms with Gasteiger partial charge in [0.2, 0.25) is 0 Å². The van der Waals surface area contributed by atoms with E-state index >= 15 is 0 Å². The zero-order valence-corrected chi connectivity index (χ0v) is 55.5. The number of rotatable bonds is 8. The zero-order chi connectivity index (χ0) is 56.9. The normalized spacial score (nSPS) is 10.6. The Morgan fingerprint density at radius 1 is 0.239 bits per heavy atom. The van der Waals surface area contributed by atoms with Crippen molar-refractivity contribution in [3.8, 4) is 89.8 Å². The van der Waals surface area contributed by atoms with Crippen molar-refractivity contribution in [2.45, 2.75) is 27.7 Å². The van der Waals surface area contributed by atoms with Gasteiger partial charge in [-0.1, -0.05) is 266 Å². The van der Waals surface area contributed by atoms with Crippen LogP contribution in [0.4, 0.5) is 0 Å². The first-order valence-corrected chi connectivity index (χ1v) is 28.5. The van der Waals surface area contributed by atoms with E-state index < -0.39 is 0 Å². The fraction of sp³-hybridized carbons (Fsp3) is 0.0500. The third-order valence-corrected chi connectivity index (χ3v) is 16.0. The van der Waals surface area contributed by atoms with E-state index in [1.807, 2.05) is 72.8 Å². The summed E-state index contributed by atoms with van der Waals surface area (Å²) in [6.07, 6.45) is 6.88. The van der Waals surface area contributed by atoms with Gasteiger partial charge in [-0.3, -0.25) is 0 Å². The van der Waals surface area contributed by atoms with E-state index in [2.05, 4.69) is 222 Å². The molecule has 0 spiro atoms. The fourth-order valence-corrected chi connectivity index (χ4v) is 11.6. The van der Waals surface area contributed by atoms with E-state index in [9.17, 15) is 0 Å². The summed E-state index contributed by atoms with van der Waals surface area (Å²) >= 11 is 0. The van der Waals surface area contributed by atoms with E-state index in [0.29, 0.717) is 0 Å². The molecule has 428 valence electrons. The number of aryl methyl sites for hydroxylation is 4. The third kappa shape index (κ3) is 13.5. The van der Waals surface area contributed by atoms with Crippen LogP contribution in [-0.2, 0) is 52.4 Å². The van der Waals surface area contributed by atoms with Crippen LogP contribution in [0, 0.1) is 27.7 Å². The summed E-state index contributed by atoms with van der Waals surface area (Å²) in [5, 5.41) is 10.3. The van der Waals surface area contributed by atoms with Crippen molar-refractivity contribution in [2.24, 2.45) is 0 Å². The Balaban J connectivity index is 0.000000138. The Bertz CT molecular complexity index is 4160. The summed E-state index contributed by atoms with van der Waals surface area (Å²) in [4.78, 5) is 0. The maximum Gasteiger partial charge on any atom is 2.00 e. The maximum atomic E-state index is 5.53. The molecule has 16 aromatic rings. The summed E-state index contributed by atoms with van der Waals surface area (Å²) in [6, 6.07) is 93.2. The van der Waals surface area contributed by atoms with Crippen molar-refractivity contribution >= 4 is 43.1 Å². The van der Waals surface area contributed by atoms with Crippen molar-refractivity contribution in [1.82, 2.24) is 0 Å². The second kappa shape index (κ2) is 29.1. The number of halogens is 2. The number of benzene rings is 8. The van der Waals surface area contributed by atoms with Crippen LogP contribution >= 0.6 is 0 Å². The quantitative estimate of drug-likeness (QED) is 0.142. The van der Waals surface area contributed by atoms with Crippen LogP contribution in [0.2, 0.25) is 0 Å². The zero-order valence-electron chi connectivity index (χ0n) is 49.1. The van der Waals surface area contributed by atoms with Gasteiger partial charge in [-0.05, 0) is 46.5 Å². The van der Waals surface area contributed by atoms with Crippen LogP contribution in [0.5, 0.6) is 0 Å². The molecule has 0 aliphatic rings. The number of furan rings is 4. The van der Waals surface area contributed by atoms with Gasteiger partial charge < -0.3 is 42.5 Å². The summed E-state index contributed by atoms with van der Waals surface area (Å²) in [6.45, 7) is 8.62. The Kier molecular flexibility index (Phi) is 21.2. The summed E-state index contributed by atoms with van der Waals surface area (Å²) in [5.41, 5.74) is 19.8. The average molecular weight is 1340 g/mol. The molecule has 16 rings (SSSR count). The molecule has 0 saturated carbocycles. The molecule has 12 aromatic carbocycles. The first-order valence-electron chi connectivity index (χ1n) is 28.5. The van der Waals surface area contributed by atoms with E-state index in [0.717, 1.165) is 45.3 Å². The molecule has 0 N–H and O–H groups in total. The summed E-state index contributed by atoms with van der Waals surface area (Å²) < 4.78 is 22.1. The van der Waals surface area contributed by atoms with Crippen LogP contribution in [0.3, 0.4) is 0 Å². The Morgan fingerprint density at radius 3 is 0.625 bits per heavy atom. The predicted octanol–water partition coefficient (Wildman–Crippen LogP) is 17.2. The number of hydrogen-bond donors (Lipinski definition) is 0. The van der Waals surface area contributed by atoms with Crippen LogP contribution in [0.1, 0.15) is 22.3 Å². The second-order valence-electron chi connectivity index (χ2n) is 21.4. The molecular formula is C80H60Cl2O4Zr2-2. The molecular weight excluding hydrogens is 1280 g/mol. The largest absolute Gasteiger partial charge is 2.00 e. The molecule has 0 saturated heterocycles. The van der Waals surface area contributed by atoms with Crippen LogP contribution in [0.25, 0.3) is 133 Å². The molecule has 0 fully saturated rings. The maximum absolute atomic E-state index is 5.53. The Hall–Kier alpha value is -8.33. The standard InChI is InChI=1S/4C20H15O.2ClH.2Zr/c4*1-14-9-10-17(15-6-3-2-4-7-15)19-13-16(12-18(14)19)20-8-5-11-21-20;;;;/h4*2-13H,1H3;2*1H;;/q4*-1;;;2*+2/p-2. The minimum atomic E-state index is 0. The Labute approximate surface area is 564 Å². The molecule has 0 amide bonds. The van der Waals surface area contributed by atoms with Crippen LogP contribution in [-0.4, -0.2) is 0 Å². The fourth-order valence-electron chi connectivity index (χ4n) is 11.6. The van der Waals surface area contributed by atoms with Gasteiger partial charge in [-0.2, -0.15) is 0 Å². The van der Waals surface area contributed by atoms with Gasteiger partial charge in [-0.25, -0.2) is 0 Å². The van der Waals surface area contributed by atoms with Crippen molar-refractivity contribution in [1.29, 1.82) is 0 Å². The minimum Gasteiger partial charge on any atom is -1.00 e. The van der Waals surface area contributed by atoms with Gasteiger partial charge in [-0.15, -0.1) is 114 Å². The number of hydrogen-bond acceptors (Lipinski definition) is 4. The van der Waals surface area contributed by atoms with Crippen molar-refractivity contribution in [3.63, 3.8) is 0 Å². The van der Waals surface area contributed by atoms with E-state index in [1.54, 1.807) is 25.1 Å². The van der Waals surface area contributed by atoms with Crippen LogP contribution in [0.15, 0.2) is 310 Å². The van der Waals surface area contributed by atoms with E-state index in [1.165, 1.54) is 110 Å². The molecule has 0 aliphatic carbocycles. The van der Waals surface area contributed by atoms with Crippen molar-refractivity contribution < 1.29 is 94.9 Å². The van der Waals surface area contributed by atoms with Gasteiger partial charge in [0.25, 0.3) is 0 Å². The van der Waals surface area contributed by atoms with Gasteiger partial charge in [0, 0.05) is 0 Å². The second-order valence-corrected chi connectivity index (χ2v) is 21.4. The monoisotopic (exact) mass is 1330 g/mol. The van der Waals surface area contributed by atoms with Gasteiger partial charge in [0.1, 0.15) is 0 Å². The minimum absolute atomic E-state index is 0. The van der Waals surface area contributed by atoms with Crippen molar-refractivity contribution in [2.75, 3.05) is 0 Å². The van der Waals surface area contributed by atoms with Gasteiger partial charge >= 0.3 is 52.4 Å². The first-order chi connectivity index (χ1) is 41.3. The van der Waals surface area contributed by atoms with Crippen molar-refractivity contribution in [3.05, 3.63) is 314 Å². The number of fused-ring (bicyclic) bond motifs is 4. The van der Waals surface area contributed by atoms with Gasteiger partial charge in [0.05, 0.1) is 48.1 Å². The predicted molar refractivity (Wildman–Crippen MR) is 350 cm³/mol. The van der Waals surface area contributed by atoms with E-state index in [-0.39, 0.29) is 77.2 Å². The molecule has 8 heteroatoms. The molecule has 4 aromatic heterocycles. The molecule has 0 bridgehead atoms. The summed E-state index contributed by atoms with van der Waals surface area (Å²) in [7, 11) is 0. The summed E-state index contributed by atoms with van der Waals surface area (Å²) in [5.74, 6) is 3.68. The SMILES string of the molecule is Cc1ccc(-c2ccccc2)c2cc(-c3ccco3)[cH-]c12.Cc1ccc(-c2ccccc2)c2cc(-c3ccco3)[cH-]c12.Cc1ccc(-c2ccccc2)c2cc(-c3ccco3)[cH-]c12.Cc1ccc(-c2ccccc2)c2cc(-c3ccco3)[cH-]c12.[Cl-].[Cl-].[Zr+2].[Zr+2]. The topological polar surface area (TPSA) is 52.6 Å². The smallest absolute Gasteiger partial charge is 1.00 e. The molecule has 0 radical (unpaired) electrons.